The monoisotopic (exact) mass is 236 g/mol. The predicted octanol–water partition coefficient (Wildman–Crippen LogP) is 2.89. The molecule has 0 bridgehead atoms. The Morgan fingerprint density at radius 3 is 2.65 bits per heavy atom. The first-order chi connectivity index (χ1) is 8.11. The SMILES string of the molecule is CCC(C)NC(=O)N/C=C/c1ccc(F)cc1. The topological polar surface area (TPSA) is 41.1 Å². The van der Waals surface area contributed by atoms with E-state index in [9.17, 15) is 9.18 Å². The summed E-state index contributed by atoms with van der Waals surface area (Å²) in [5.41, 5.74) is 0.829. The van der Waals surface area contributed by atoms with Gasteiger partial charge >= 0.3 is 6.03 Å². The molecule has 1 atom stereocenters. The van der Waals surface area contributed by atoms with E-state index in [1.807, 2.05) is 13.8 Å². The lowest BCUT2D eigenvalue weighted by Crippen LogP contribution is -2.38. The highest BCUT2D eigenvalue weighted by atomic mass is 19.1. The number of rotatable bonds is 4. The van der Waals surface area contributed by atoms with Crippen molar-refractivity contribution in [1.29, 1.82) is 0 Å². The summed E-state index contributed by atoms with van der Waals surface area (Å²) >= 11 is 0. The lowest BCUT2D eigenvalue weighted by molar-refractivity contribution is 0.241. The maximum Gasteiger partial charge on any atom is 0.318 e. The lowest BCUT2D eigenvalue weighted by Gasteiger charge is -2.10. The van der Waals surface area contributed by atoms with Crippen molar-refractivity contribution in [3.63, 3.8) is 0 Å². The van der Waals surface area contributed by atoms with Gasteiger partial charge in [0.1, 0.15) is 5.82 Å². The molecule has 17 heavy (non-hydrogen) atoms. The minimum Gasteiger partial charge on any atom is -0.335 e. The summed E-state index contributed by atoms with van der Waals surface area (Å²) in [6.07, 6.45) is 4.12. The van der Waals surface area contributed by atoms with Crippen molar-refractivity contribution < 1.29 is 9.18 Å². The third-order valence-electron chi connectivity index (χ3n) is 2.35. The van der Waals surface area contributed by atoms with Gasteiger partial charge < -0.3 is 10.6 Å². The molecule has 2 amide bonds. The number of amides is 2. The Labute approximate surface area is 101 Å². The van der Waals surface area contributed by atoms with Crippen LogP contribution in [0.3, 0.4) is 0 Å². The second-order valence-electron chi connectivity index (χ2n) is 3.81. The third-order valence-corrected chi connectivity index (χ3v) is 2.35. The number of urea groups is 1. The van der Waals surface area contributed by atoms with Crippen molar-refractivity contribution >= 4 is 12.1 Å². The Hall–Kier alpha value is -1.84. The van der Waals surface area contributed by atoms with E-state index < -0.39 is 0 Å². The van der Waals surface area contributed by atoms with Crippen molar-refractivity contribution in [3.8, 4) is 0 Å². The van der Waals surface area contributed by atoms with E-state index in [2.05, 4.69) is 10.6 Å². The van der Waals surface area contributed by atoms with Crippen LogP contribution < -0.4 is 10.6 Å². The number of carbonyl (C=O) groups excluding carboxylic acids is 1. The van der Waals surface area contributed by atoms with Crippen LogP contribution in [0.1, 0.15) is 25.8 Å². The number of carbonyl (C=O) groups is 1. The van der Waals surface area contributed by atoms with Gasteiger partial charge in [-0.15, -0.1) is 0 Å². The zero-order chi connectivity index (χ0) is 12.7. The number of nitrogens with one attached hydrogen (secondary N) is 2. The molecule has 0 aliphatic carbocycles. The Balaban J connectivity index is 2.39. The Kier molecular flexibility index (Phi) is 5.20. The molecule has 0 fully saturated rings. The zero-order valence-electron chi connectivity index (χ0n) is 10.0. The summed E-state index contributed by atoms with van der Waals surface area (Å²) in [5.74, 6) is -0.273. The van der Waals surface area contributed by atoms with Crippen LogP contribution in [0.4, 0.5) is 9.18 Å². The molecule has 0 aromatic heterocycles. The Bertz CT molecular complexity index is 387. The molecule has 0 aliphatic rings. The summed E-state index contributed by atoms with van der Waals surface area (Å²) in [6.45, 7) is 3.93. The van der Waals surface area contributed by atoms with Gasteiger partial charge in [0.25, 0.3) is 0 Å². The largest absolute Gasteiger partial charge is 0.335 e. The van der Waals surface area contributed by atoms with Gasteiger partial charge in [-0.25, -0.2) is 9.18 Å². The molecule has 1 unspecified atom stereocenters. The first kappa shape index (κ1) is 13.2. The third kappa shape index (κ3) is 5.15. The van der Waals surface area contributed by atoms with Crippen molar-refractivity contribution in [3.05, 3.63) is 41.8 Å². The second-order valence-corrected chi connectivity index (χ2v) is 3.81. The van der Waals surface area contributed by atoms with Gasteiger partial charge in [0.15, 0.2) is 0 Å². The fraction of sp³-hybridized carbons (Fsp3) is 0.308. The van der Waals surface area contributed by atoms with E-state index in [0.29, 0.717) is 0 Å². The summed E-state index contributed by atoms with van der Waals surface area (Å²) < 4.78 is 12.6. The van der Waals surface area contributed by atoms with Crippen LogP contribution in [-0.4, -0.2) is 12.1 Å². The van der Waals surface area contributed by atoms with Crippen molar-refractivity contribution in [1.82, 2.24) is 10.6 Å². The molecule has 3 nitrogen and oxygen atoms in total. The quantitative estimate of drug-likeness (QED) is 0.829. The molecule has 0 aliphatic heterocycles. The average molecular weight is 236 g/mol. The summed E-state index contributed by atoms with van der Waals surface area (Å²) in [4.78, 5) is 11.3. The first-order valence-corrected chi connectivity index (χ1v) is 5.61. The summed E-state index contributed by atoms with van der Waals surface area (Å²) in [6, 6.07) is 5.93. The van der Waals surface area contributed by atoms with Gasteiger partial charge in [0.05, 0.1) is 0 Å². The maximum absolute atomic E-state index is 12.6. The van der Waals surface area contributed by atoms with Crippen molar-refractivity contribution in [2.45, 2.75) is 26.3 Å². The summed E-state index contributed by atoms with van der Waals surface area (Å²) in [5, 5.41) is 5.35. The Morgan fingerprint density at radius 2 is 2.06 bits per heavy atom. The normalized spacial score (nSPS) is 12.4. The number of hydrogen-bond donors (Lipinski definition) is 2. The van der Waals surface area contributed by atoms with Gasteiger partial charge in [-0.2, -0.15) is 0 Å². The van der Waals surface area contributed by atoms with Crippen LogP contribution in [0, 0.1) is 5.82 Å². The molecule has 2 N–H and O–H groups in total. The fourth-order valence-corrected chi connectivity index (χ4v) is 1.15. The molecule has 1 aromatic carbocycles. The molecule has 1 aromatic rings. The molecule has 1 rings (SSSR count). The van der Waals surface area contributed by atoms with Crippen LogP contribution in [0.25, 0.3) is 6.08 Å². The average Bonchev–Trinajstić information content (AvgIpc) is 2.31. The van der Waals surface area contributed by atoms with Crippen molar-refractivity contribution in [2.24, 2.45) is 0 Å². The molecule has 92 valence electrons. The molecule has 0 spiro atoms. The smallest absolute Gasteiger partial charge is 0.318 e. The summed E-state index contributed by atoms with van der Waals surface area (Å²) in [7, 11) is 0. The maximum atomic E-state index is 12.6. The van der Waals surface area contributed by atoms with E-state index in [1.54, 1.807) is 18.2 Å². The predicted molar refractivity (Wildman–Crippen MR) is 66.9 cm³/mol. The van der Waals surface area contributed by atoms with Gasteiger partial charge in [0, 0.05) is 12.2 Å². The number of hydrogen-bond acceptors (Lipinski definition) is 1. The highest BCUT2D eigenvalue weighted by Crippen LogP contribution is 2.03. The molecular formula is C13H17FN2O. The van der Waals surface area contributed by atoms with E-state index in [0.717, 1.165) is 12.0 Å². The molecule has 0 radical (unpaired) electrons. The van der Waals surface area contributed by atoms with E-state index in [1.165, 1.54) is 18.3 Å². The van der Waals surface area contributed by atoms with Crippen LogP contribution in [0.2, 0.25) is 0 Å². The van der Waals surface area contributed by atoms with Crippen LogP contribution >= 0.6 is 0 Å². The van der Waals surface area contributed by atoms with Crippen molar-refractivity contribution in [2.75, 3.05) is 0 Å². The van der Waals surface area contributed by atoms with Gasteiger partial charge in [-0.3, -0.25) is 0 Å². The van der Waals surface area contributed by atoms with Gasteiger partial charge in [-0.05, 0) is 37.1 Å². The minimum absolute atomic E-state index is 0.147. The molecule has 0 saturated carbocycles. The van der Waals surface area contributed by atoms with Crippen LogP contribution in [0.5, 0.6) is 0 Å². The minimum atomic E-state index is -0.273. The first-order valence-electron chi connectivity index (χ1n) is 5.61. The highest BCUT2D eigenvalue weighted by Gasteiger charge is 2.01. The standard InChI is InChI=1S/C13H17FN2O/c1-3-10(2)16-13(17)15-9-8-11-4-6-12(14)7-5-11/h4-10H,3H2,1-2H3,(H2,15,16,17)/b9-8+. The zero-order valence-corrected chi connectivity index (χ0v) is 10.0. The van der Waals surface area contributed by atoms with E-state index >= 15 is 0 Å². The number of benzene rings is 1. The Morgan fingerprint density at radius 1 is 1.41 bits per heavy atom. The van der Waals surface area contributed by atoms with E-state index in [-0.39, 0.29) is 17.9 Å². The van der Waals surface area contributed by atoms with Gasteiger partial charge in [0.2, 0.25) is 0 Å². The molecule has 4 heteroatoms. The fourth-order valence-electron chi connectivity index (χ4n) is 1.15. The lowest BCUT2D eigenvalue weighted by atomic mass is 10.2. The van der Waals surface area contributed by atoms with Gasteiger partial charge in [-0.1, -0.05) is 19.1 Å². The van der Waals surface area contributed by atoms with Crippen LogP contribution in [0.15, 0.2) is 30.5 Å². The molecule has 0 saturated heterocycles. The molecule has 0 heterocycles. The van der Waals surface area contributed by atoms with E-state index in [4.69, 9.17) is 0 Å². The second kappa shape index (κ2) is 6.68. The molecular weight excluding hydrogens is 219 g/mol. The van der Waals surface area contributed by atoms with Crippen LogP contribution in [-0.2, 0) is 0 Å². The highest BCUT2D eigenvalue weighted by molar-refractivity contribution is 5.76. The number of halogens is 1.